The van der Waals surface area contributed by atoms with Crippen molar-refractivity contribution in [1.29, 1.82) is 0 Å². The average Bonchev–Trinajstić information content (AvgIpc) is 2.76. The Kier molecular flexibility index (Phi) is 3.60. The molecule has 0 aliphatic rings. The van der Waals surface area contributed by atoms with Crippen LogP contribution in [-0.2, 0) is 13.5 Å². The van der Waals surface area contributed by atoms with Gasteiger partial charge >= 0.3 is 5.76 Å². The molecule has 0 radical (unpaired) electrons. The minimum atomic E-state index is -0.354. The molecule has 3 nitrogen and oxygen atoms in total. The molecule has 0 aliphatic carbocycles. The standard InChI is InChI=1S/C17H16ClNO2/c1-11-5-3-4-6-12(11)9-14(18)13-7-8-15-16(10-13)21-17(20)19(15)2/h3-8,10,14H,9H2,1-2H3. The lowest BCUT2D eigenvalue weighted by Gasteiger charge is -2.12. The van der Waals surface area contributed by atoms with E-state index in [4.69, 9.17) is 16.0 Å². The summed E-state index contributed by atoms with van der Waals surface area (Å²) < 4.78 is 6.70. The van der Waals surface area contributed by atoms with Gasteiger partial charge < -0.3 is 4.42 Å². The van der Waals surface area contributed by atoms with Gasteiger partial charge in [-0.25, -0.2) is 4.79 Å². The minimum Gasteiger partial charge on any atom is -0.408 e. The number of aryl methyl sites for hydroxylation is 2. The Morgan fingerprint density at radius 3 is 2.76 bits per heavy atom. The second-order valence-corrected chi connectivity index (χ2v) is 5.78. The van der Waals surface area contributed by atoms with Crippen molar-refractivity contribution in [3.63, 3.8) is 0 Å². The molecule has 0 spiro atoms. The molecule has 3 aromatic rings. The van der Waals surface area contributed by atoms with E-state index in [1.54, 1.807) is 7.05 Å². The van der Waals surface area contributed by atoms with Crippen LogP contribution in [0.1, 0.15) is 22.1 Å². The molecule has 1 atom stereocenters. The number of fused-ring (bicyclic) bond motifs is 1. The fourth-order valence-corrected chi connectivity index (χ4v) is 2.80. The Labute approximate surface area is 127 Å². The highest BCUT2D eigenvalue weighted by atomic mass is 35.5. The third kappa shape index (κ3) is 2.61. The van der Waals surface area contributed by atoms with Gasteiger partial charge in [0, 0.05) is 7.05 Å². The third-order valence-electron chi connectivity index (χ3n) is 3.84. The molecular weight excluding hydrogens is 286 g/mol. The van der Waals surface area contributed by atoms with Gasteiger partial charge in [-0.05, 0) is 42.2 Å². The maximum atomic E-state index is 11.5. The van der Waals surface area contributed by atoms with Crippen molar-refractivity contribution >= 4 is 22.7 Å². The van der Waals surface area contributed by atoms with Gasteiger partial charge in [0.15, 0.2) is 5.58 Å². The van der Waals surface area contributed by atoms with Crippen LogP contribution in [0.25, 0.3) is 11.1 Å². The molecule has 0 N–H and O–H groups in total. The van der Waals surface area contributed by atoms with Gasteiger partial charge in [-0.1, -0.05) is 30.3 Å². The molecule has 1 unspecified atom stereocenters. The summed E-state index contributed by atoms with van der Waals surface area (Å²) in [7, 11) is 1.69. The molecule has 3 rings (SSSR count). The first-order chi connectivity index (χ1) is 10.1. The lowest BCUT2D eigenvalue weighted by molar-refractivity contribution is 0.528. The predicted molar refractivity (Wildman–Crippen MR) is 84.9 cm³/mol. The number of hydrogen-bond acceptors (Lipinski definition) is 2. The van der Waals surface area contributed by atoms with Gasteiger partial charge in [0.25, 0.3) is 0 Å². The summed E-state index contributed by atoms with van der Waals surface area (Å²) in [6.45, 7) is 2.08. The van der Waals surface area contributed by atoms with E-state index in [-0.39, 0.29) is 11.1 Å². The number of hydrogen-bond donors (Lipinski definition) is 0. The Balaban J connectivity index is 1.93. The quantitative estimate of drug-likeness (QED) is 0.686. The maximum absolute atomic E-state index is 11.5. The van der Waals surface area contributed by atoms with Crippen molar-refractivity contribution in [1.82, 2.24) is 4.57 Å². The van der Waals surface area contributed by atoms with Crippen molar-refractivity contribution in [3.05, 3.63) is 69.7 Å². The van der Waals surface area contributed by atoms with Crippen LogP contribution in [0.15, 0.2) is 51.7 Å². The monoisotopic (exact) mass is 301 g/mol. The third-order valence-corrected chi connectivity index (χ3v) is 4.24. The van der Waals surface area contributed by atoms with E-state index in [0.29, 0.717) is 5.58 Å². The fraction of sp³-hybridized carbons (Fsp3) is 0.235. The zero-order valence-electron chi connectivity index (χ0n) is 12.0. The summed E-state index contributed by atoms with van der Waals surface area (Å²) in [6.07, 6.45) is 0.747. The second kappa shape index (κ2) is 5.41. The van der Waals surface area contributed by atoms with Crippen LogP contribution in [0.5, 0.6) is 0 Å². The van der Waals surface area contributed by atoms with Gasteiger partial charge in [-0.15, -0.1) is 11.6 Å². The molecular formula is C17H16ClNO2. The van der Waals surface area contributed by atoms with Gasteiger partial charge in [0.1, 0.15) is 0 Å². The Bertz CT molecular complexity index is 847. The van der Waals surface area contributed by atoms with Crippen LogP contribution in [0.3, 0.4) is 0 Å². The average molecular weight is 302 g/mol. The van der Waals surface area contributed by atoms with E-state index in [9.17, 15) is 4.79 Å². The molecule has 0 bridgehead atoms. The molecule has 0 amide bonds. The lowest BCUT2D eigenvalue weighted by Crippen LogP contribution is -2.08. The first-order valence-electron chi connectivity index (χ1n) is 6.84. The molecule has 1 heterocycles. The summed E-state index contributed by atoms with van der Waals surface area (Å²) in [5.74, 6) is -0.354. The van der Waals surface area contributed by atoms with Crippen LogP contribution in [-0.4, -0.2) is 4.57 Å². The topological polar surface area (TPSA) is 35.1 Å². The van der Waals surface area contributed by atoms with Crippen molar-refractivity contribution in [2.45, 2.75) is 18.7 Å². The Hall–Kier alpha value is -2.00. The van der Waals surface area contributed by atoms with Crippen molar-refractivity contribution in [3.8, 4) is 0 Å². The minimum absolute atomic E-state index is 0.152. The molecule has 4 heteroatoms. The van der Waals surface area contributed by atoms with Gasteiger partial charge in [-0.2, -0.15) is 0 Å². The summed E-state index contributed by atoms with van der Waals surface area (Å²) in [5.41, 5.74) is 4.78. The van der Waals surface area contributed by atoms with Crippen LogP contribution >= 0.6 is 11.6 Å². The molecule has 108 valence electrons. The van der Waals surface area contributed by atoms with Gasteiger partial charge in [0.05, 0.1) is 10.9 Å². The molecule has 0 fully saturated rings. The molecule has 21 heavy (non-hydrogen) atoms. The highest BCUT2D eigenvalue weighted by molar-refractivity contribution is 6.21. The molecule has 0 saturated carbocycles. The highest BCUT2D eigenvalue weighted by Gasteiger charge is 2.13. The fourth-order valence-electron chi connectivity index (χ4n) is 2.50. The molecule has 1 aromatic heterocycles. The van der Waals surface area contributed by atoms with Crippen LogP contribution < -0.4 is 5.76 Å². The van der Waals surface area contributed by atoms with E-state index in [1.165, 1.54) is 15.7 Å². The van der Waals surface area contributed by atoms with E-state index in [2.05, 4.69) is 19.1 Å². The zero-order valence-corrected chi connectivity index (χ0v) is 12.7. The summed E-state index contributed by atoms with van der Waals surface area (Å²) in [4.78, 5) is 11.5. The summed E-state index contributed by atoms with van der Waals surface area (Å²) in [5, 5.41) is -0.152. The van der Waals surface area contributed by atoms with Crippen LogP contribution in [0.2, 0.25) is 0 Å². The van der Waals surface area contributed by atoms with Gasteiger partial charge in [0.2, 0.25) is 0 Å². The summed E-state index contributed by atoms with van der Waals surface area (Å²) >= 11 is 6.53. The Morgan fingerprint density at radius 1 is 1.24 bits per heavy atom. The number of benzene rings is 2. The zero-order chi connectivity index (χ0) is 15.0. The number of nitrogens with zero attached hydrogens (tertiary/aromatic N) is 1. The SMILES string of the molecule is Cc1ccccc1CC(Cl)c1ccc2c(c1)oc(=O)n2C. The molecule has 2 aromatic carbocycles. The normalized spacial score (nSPS) is 12.7. The molecule has 0 aliphatic heterocycles. The van der Waals surface area contributed by atoms with Crippen molar-refractivity contribution < 1.29 is 4.42 Å². The van der Waals surface area contributed by atoms with E-state index >= 15 is 0 Å². The predicted octanol–water partition coefficient (Wildman–Crippen LogP) is 3.96. The van der Waals surface area contributed by atoms with E-state index in [0.717, 1.165) is 17.5 Å². The smallest absolute Gasteiger partial charge is 0.408 e. The van der Waals surface area contributed by atoms with Gasteiger partial charge in [-0.3, -0.25) is 4.57 Å². The van der Waals surface area contributed by atoms with Crippen molar-refractivity contribution in [2.75, 3.05) is 0 Å². The first-order valence-corrected chi connectivity index (χ1v) is 7.28. The second-order valence-electron chi connectivity index (χ2n) is 5.25. The first kappa shape index (κ1) is 14.0. The number of halogens is 1. The largest absolute Gasteiger partial charge is 0.419 e. The van der Waals surface area contributed by atoms with E-state index < -0.39 is 0 Å². The molecule has 0 saturated heterocycles. The summed E-state index contributed by atoms with van der Waals surface area (Å²) in [6, 6.07) is 13.9. The van der Waals surface area contributed by atoms with Crippen LogP contribution in [0, 0.1) is 6.92 Å². The number of rotatable bonds is 3. The lowest BCUT2D eigenvalue weighted by atomic mass is 10.00. The van der Waals surface area contributed by atoms with E-state index in [1.807, 2.05) is 30.3 Å². The highest BCUT2D eigenvalue weighted by Crippen LogP contribution is 2.28. The van der Waals surface area contributed by atoms with Crippen molar-refractivity contribution in [2.24, 2.45) is 7.05 Å². The maximum Gasteiger partial charge on any atom is 0.419 e. The Morgan fingerprint density at radius 2 is 2.00 bits per heavy atom. The van der Waals surface area contributed by atoms with Crippen LogP contribution in [0.4, 0.5) is 0 Å². The number of aromatic nitrogens is 1. The number of oxazole rings is 1. The number of alkyl halides is 1.